The number of nitrogens with zero attached hydrogens (tertiary/aromatic N) is 3. The van der Waals surface area contributed by atoms with Gasteiger partial charge < -0.3 is 9.15 Å². The molecule has 0 aliphatic carbocycles. The highest BCUT2D eigenvalue weighted by atomic mass is 19.4. The number of aryl methyl sites for hydroxylation is 1. The van der Waals surface area contributed by atoms with E-state index < -0.39 is 11.7 Å². The number of ether oxygens (including phenoxy) is 1. The summed E-state index contributed by atoms with van der Waals surface area (Å²) in [4.78, 5) is 11.0. The first-order valence-electron chi connectivity index (χ1n) is 9.99. The zero-order chi connectivity index (χ0) is 22.9. The van der Waals surface area contributed by atoms with Crippen LogP contribution in [0, 0.1) is 6.92 Å². The molecule has 0 saturated carbocycles. The average molecular weight is 441 g/mol. The standard InChI is InChI=1S/C24H22F3N3O2/c1-15-20(29-23(32-15)16-6-9-18(10-7-16)24(25,26)27)14-30(2)13-17-8-11-21(31-3)22-19(17)5-4-12-28-22/h4-12H,13-14H2,1-3H3. The Morgan fingerprint density at radius 3 is 2.47 bits per heavy atom. The molecular weight excluding hydrogens is 419 g/mol. The highest BCUT2D eigenvalue weighted by Gasteiger charge is 2.30. The second kappa shape index (κ2) is 8.63. The van der Waals surface area contributed by atoms with Crippen molar-refractivity contribution >= 4 is 10.9 Å². The molecule has 0 amide bonds. The number of halogens is 3. The molecule has 2 heterocycles. The number of benzene rings is 2. The summed E-state index contributed by atoms with van der Waals surface area (Å²) in [5.41, 5.74) is 2.44. The number of alkyl halides is 3. The van der Waals surface area contributed by atoms with Gasteiger partial charge in [-0.2, -0.15) is 13.2 Å². The van der Waals surface area contributed by atoms with Crippen molar-refractivity contribution in [1.82, 2.24) is 14.9 Å². The number of oxazole rings is 1. The number of pyridine rings is 1. The molecule has 0 bridgehead atoms. The fourth-order valence-corrected chi connectivity index (χ4v) is 3.61. The lowest BCUT2D eigenvalue weighted by molar-refractivity contribution is -0.137. The first-order chi connectivity index (χ1) is 15.3. The van der Waals surface area contributed by atoms with E-state index in [1.807, 2.05) is 31.3 Å². The van der Waals surface area contributed by atoms with E-state index in [0.29, 0.717) is 30.3 Å². The molecule has 0 radical (unpaired) electrons. The Bertz CT molecular complexity index is 1230. The molecule has 0 spiro atoms. The number of fused-ring (bicyclic) bond motifs is 1. The maximum atomic E-state index is 12.8. The smallest absolute Gasteiger partial charge is 0.416 e. The zero-order valence-electron chi connectivity index (χ0n) is 17.9. The Balaban J connectivity index is 1.52. The molecule has 4 rings (SSSR count). The molecule has 0 saturated heterocycles. The van der Waals surface area contributed by atoms with Gasteiger partial charge in [-0.1, -0.05) is 12.1 Å². The maximum absolute atomic E-state index is 12.8. The van der Waals surface area contributed by atoms with Crippen molar-refractivity contribution in [2.45, 2.75) is 26.2 Å². The van der Waals surface area contributed by atoms with Crippen LogP contribution in [0.3, 0.4) is 0 Å². The van der Waals surface area contributed by atoms with Crippen LogP contribution in [-0.4, -0.2) is 29.0 Å². The minimum absolute atomic E-state index is 0.304. The van der Waals surface area contributed by atoms with E-state index in [-0.39, 0.29) is 0 Å². The van der Waals surface area contributed by atoms with Gasteiger partial charge in [0.15, 0.2) is 0 Å². The largest absolute Gasteiger partial charge is 0.494 e. The van der Waals surface area contributed by atoms with Crippen molar-refractivity contribution in [3.63, 3.8) is 0 Å². The van der Waals surface area contributed by atoms with Crippen molar-refractivity contribution in [1.29, 1.82) is 0 Å². The molecule has 2 aromatic heterocycles. The minimum Gasteiger partial charge on any atom is -0.494 e. The van der Waals surface area contributed by atoms with Crippen LogP contribution in [0.4, 0.5) is 13.2 Å². The molecule has 0 atom stereocenters. The van der Waals surface area contributed by atoms with Crippen LogP contribution >= 0.6 is 0 Å². The van der Waals surface area contributed by atoms with Crippen LogP contribution < -0.4 is 4.74 Å². The van der Waals surface area contributed by atoms with Crippen molar-refractivity contribution in [2.24, 2.45) is 0 Å². The van der Waals surface area contributed by atoms with Gasteiger partial charge in [-0.3, -0.25) is 9.88 Å². The summed E-state index contributed by atoms with van der Waals surface area (Å²) in [6.07, 6.45) is -2.64. The average Bonchev–Trinajstić information content (AvgIpc) is 3.13. The van der Waals surface area contributed by atoms with E-state index in [4.69, 9.17) is 9.15 Å². The first-order valence-corrected chi connectivity index (χ1v) is 9.99. The molecule has 0 N–H and O–H groups in total. The molecule has 5 nitrogen and oxygen atoms in total. The molecule has 0 unspecified atom stereocenters. The number of methoxy groups -OCH3 is 1. The van der Waals surface area contributed by atoms with Gasteiger partial charge in [0.05, 0.1) is 18.4 Å². The fourth-order valence-electron chi connectivity index (χ4n) is 3.61. The van der Waals surface area contributed by atoms with Gasteiger partial charge in [0.2, 0.25) is 5.89 Å². The van der Waals surface area contributed by atoms with E-state index in [2.05, 4.69) is 14.9 Å². The lowest BCUT2D eigenvalue weighted by Gasteiger charge is -2.17. The summed E-state index contributed by atoms with van der Waals surface area (Å²) < 4.78 is 49.5. The number of hydrogen-bond donors (Lipinski definition) is 0. The summed E-state index contributed by atoms with van der Waals surface area (Å²) in [5, 5.41) is 1.01. The van der Waals surface area contributed by atoms with Gasteiger partial charge in [-0.05, 0) is 55.9 Å². The Hall–Kier alpha value is -3.39. The highest BCUT2D eigenvalue weighted by molar-refractivity contribution is 5.87. The second-order valence-corrected chi connectivity index (χ2v) is 7.60. The Morgan fingerprint density at radius 1 is 1.03 bits per heavy atom. The zero-order valence-corrected chi connectivity index (χ0v) is 17.9. The van der Waals surface area contributed by atoms with Gasteiger partial charge in [0, 0.05) is 30.2 Å². The molecule has 4 aromatic rings. The molecule has 0 fully saturated rings. The lowest BCUT2D eigenvalue weighted by Crippen LogP contribution is -2.18. The van der Waals surface area contributed by atoms with Gasteiger partial charge in [-0.15, -0.1) is 0 Å². The van der Waals surface area contributed by atoms with Crippen LogP contribution in [0.25, 0.3) is 22.4 Å². The van der Waals surface area contributed by atoms with Crippen molar-refractivity contribution in [3.05, 3.63) is 77.3 Å². The van der Waals surface area contributed by atoms with E-state index in [9.17, 15) is 13.2 Å². The lowest BCUT2D eigenvalue weighted by atomic mass is 10.1. The minimum atomic E-state index is -4.37. The third-order valence-electron chi connectivity index (χ3n) is 5.25. The summed E-state index contributed by atoms with van der Waals surface area (Å²) >= 11 is 0. The summed E-state index contributed by atoms with van der Waals surface area (Å²) in [6, 6.07) is 12.6. The monoisotopic (exact) mass is 441 g/mol. The second-order valence-electron chi connectivity index (χ2n) is 7.60. The highest BCUT2D eigenvalue weighted by Crippen LogP contribution is 2.31. The SMILES string of the molecule is COc1ccc(CN(C)Cc2nc(-c3ccc(C(F)(F)F)cc3)oc2C)c2cccnc12. The van der Waals surface area contributed by atoms with Gasteiger partial charge in [0.25, 0.3) is 0 Å². The topological polar surface area (TPSA) is 51.4 Å². The summed E-state index contributed by atoms with van der Waals surface area (Å²) in [6.45, 7) is 2.97. The molecule has 8 heteroatoms. The molecule has 0 aliphatic rings. The van der Waals surface area contributed by atoms with Gasteiger partial charge in [-0.25, -0.2) is 4.98 Å². The van der Waals surface area contributed by atoms with Crippen molar-refractivity contribution in [2.75, 3.05) is 14.2 Å². The van der Waals surface area contributed by atoms with Crippen LogP contribution in [0.15, 0.2) is 59.1 Å². The quantitative estimate of drug-likeness (QED) is 0.375. The number of rotatable bonds is 6. The number of hydrogen-bond acceptors (Lipinski definition) is 5. The Kier molecular flexibility index (Phi) is 5.88. The normalized spacial score (nSPS) is 12.0. The fraction of sp³-hybridized carbons (Fsp3) is 0.250. The van der Waals surface area contributed by atoms with Crippen molar-refractivity contribution < 1.29 is 22.3 Å². The molecule has 32 heavy (non-hydrogen) atoms. The molecule has 2 aromatic carbocycles. The Labute approximate surface area is 183 Å². The van der Waals surface area contributed by atoms with Crippen molar-refractivity contribution in [3.8, 4) is 17.2 Å². The van der Waals surface area contributed by atoms with Crippen LogP contribution in [-0.2, 0) is 19.3 Å². The van der Waals surface area contributed by atoms with Crippen LogP contribution in [0.1, 0.15) is 22.6 Å². The van der Waals surface area contributed by atoms with Crippen LogP contribution in [0.5, 0.6) is 5.75 Å². The van der Waals surface area contributed by atoms with E-state index in [1.165, 1.54) is 12.1 Å². The molecule has 166 valence electrons. The van der Waals surface area contributed by atoms with Gasteiger partial charge in [0.1, 0.15) is 17.0 Å². The Morgan fingerprint density at radius 2 is 1.78 bits per heavy atom. The van der Waals surface area contributed by atoms with Gasteiger partial charge >= 0.3 is 6.18 Å². The van der Waals surface area contributed by atoms with E-state index in [1.54, 1.807) is 20.2 Å². The molecular formula is C24H22F3N3O2. The predicted molar refractivity (Wildman–Crippen MR) is 115 cm³/mol. The summed E-state index contributed by atoms with van der Waals surface area (Å²) in [5.74, 6) is 1.66. The maximum Gasteiger partial charge on any atom is 0.416 e. The molecule has 0 aliphatic heterocycles. The third kappa shape index (κ3) is 4.45. The predicted octanol–water partition coefficient (Wildman–Crippen LogP) is 5.86. The summed E-state index contributed by atoms with van der Waals surface area (Å²) in [7, 11) is 3.59. The van der Waals surface area contributed by atoms with E-state index in [0.717, 1.165) is 40.0 Å². The number of aromatic nitrogens is 2. The van der Waals surface area contributed by atoms with Crippen LogP contribution in [0.2, 0.25) is 0 Å². The first kappa shape index (κ1) is 21.8. The van der Waals surface area contributed by atoms with E-state index >= 15 is 0 Å². The third-order valence-corrected chi connectivity index (χ3v) is 5.25.